The summed E-state index contributed by atoms with van der Waals surface area (Å²) in [6, 6.07) is 15.7. The van der Waals surface area contributed by atoms with Gasteiger partial charge in [-0.3, -0.25) is 14.4 Å². The van der Waals surface area contributed by atoms with Gasteiger partial charge in [0.1, 0.15) is 11.6 Å². The molecule has 0 radical (unpaired) electrons. The number of benzene rings is 2. The minimum atomic E-state index is -1.39. The summed E-state index contributed by atoms with van der Waals surface area (Å²) >= 11 is 0. The largest absolute Gasteiger partial charge is 0.394 e. The predicted molar refractivity (Wildman–Crippen MR) is 184 cm³/mol. The van der Waals surface area contributed by atoms with E-state index >= 15 is 0 Å². The summed E-state index contributed by atoms with van der Waals surface area (Å²) in [6.45, 7) is 12.3. The number of carbonyl (C=O) groups is 3. The van der Waals surface area contributed by atoms with Crippen molar-refractivity contribution in [3.8, 4) is 0 Å². The number of amides is 3. The topological polar surface area (TPSA) is 93.6 Å². The van der Waals surface area contributed by atoms with Crippen molar-refractivity contribution in [1.82, 2.24) is 4.90 Å². The molecule has 9 nitrogen and oxygen atoms in total. The Morgan fingerprint density at radius 2 is 1.45 bits per heavy atom. The first-order chi connectivity index (χ1) is 22.7. The lowest BCUT2D eigenvalue weighted by molar-refractivity contribution is -0.149. The summed E-state index contributed by atoms with van der Waals surface area (Å²) in [5.74, 6) is -2.44. The van der Waals surface area contributed by atoms with E-state index in [1.807, 2.05) is 99.7 Å². The van der Waals surface area contributed by atoms with E-state index in [1.165, 1.54) is 0 Å². The van der Waals surface area contributed by atoms with Crippen LogP contribution in [0.4, 0.5) is 17.1 Å². The highest BCUT2D eigenvalue weighted by molar-refractivity contribution is 6.07. The van der Waals surface area contributed by atoms with Crippen LogP contribution in [0.25, 0.3) is 0 Å². The number of aliphatic hydroxyl groups is 1. The minimum Gasteiger partial charge on any atom is -0.394 e. The molecular formula is C38H48N4O5. The Morgan fingerprint density at radius 3 is 2.04 bits per heavy atom. The third kappa shape index (κ3) is 5.28. The highest BCUT2D eigenvalue weighted by atomic mass is 16.5. The summed E-state index contributed by atoms with van der Waals surface area (Å²) in [5.41, 5.74) is 0.0589. The van der Waals surface area contributed by atoms with Crippen LogP contribution in [-0.2, 0) is 19.1 Å². The molecule has 0 bridgehead atoms. The van der Waals surface area contributed by atoms with E-state index in [0.29, 0.717) is 19.4 Å². The second-order valence-corrected chi connectivity index (χ2v) is 13.6. The number of ether oxygens (including phenoxy) is 1. The van der Waals surface area contributed by atoms with E-state index in [0.717, 1.165) is 30.2 Å². The maximum Gasteiger partial charge on any atom is 0.253 e. The normalized spacial score (nSPS) is 29.1. The van der Waals surface area contributed by atoms with E-state index in [9.17, 15) is 19.5 Å². The summed E-state index contributed by atoms with van der Waals surface area (Å²) < 4.78 is 7.15. The third-order valence-corrected chi connectivity index (χ3v) is 10.6. The number of aliphatic hydroxyl groups excluding tert-OH is 1. The number of rotatable bonds is 10. The maximum absolute atomic E-state index is 15.0. The van der Waals surface area contributed by atoms with Gasteiger partial charge in [0.05, 0.1) is 30.1 Å². The Bertz CT molecular complexity index is 1540. The van der Waals surface area contributed by atoms with Gasteiger partial charge in [0.25, 0.3) is 5.91 Å². The van der Waals surface area contributed by atoms with Crippen molar-refractivity contribution >= 4 is 34.8 Å². The maximum atomic E-state index is 15.0. The zero-order valence-electron chi connectivity index (χ0n) is 28.2. The number of carbonyl (C=O) groups excluding carboxylic acids is 3. The Labute approximate surface area is 278 Å². The number of nitrogens with zero attached hydrogens (tertiary/aromatic N) is 4. The Balaban J connectivity index is 1.48. The number of hydrogen-bond donors (Lipinski definition) is 1. The van der Waals surface area contributed by atoms with Gasteiger partial charge in [-0.1, -0.05) is 63.3 Å². The molecule has 0 saturated carbocycles. The van der Waals surface area contributed by atoms with Gasteiger partial charge in [0.2, 0.25) is 11.8 Å². The average molecular weight is 641 g/mol. The lowest BCUT2D eigenvalue weighted by atomic mass is 9.73. The summed E-state index contributed by atoms with van der Waals surface area (Å²) in [5, 5.41) is 10.7. The van der Waals surface area contributed by atoms with Crippen LogP contribution in [0.3, 0.4) is 0 Å². The van der Waals surface area contributed by atoms with Gasteiger partial charge in [-0.05, 0) is 69.0 Å². The van der Waals surface area contributed by atoms with Gasteiger partial charge in [-0.25, -0.2) is 0 Å². The Hall–Kier alpha value is -3.95. The average Bonchev–Trinajstić information content (AvgIpc) is 3.37. The van der Waals surface area contributed by atoms with Crippen molar-refractivity contribution in [3.05, 3.63) is 78.9 Å². The Morgan fingerprint density at radius 1 is 0.830 bits per heavy atom. The van der Waals surface area contributed by atoms with E-state index in [1.54, 1.807) is 14.7 Å². The number of likely N-dealkylation sites (tertiary alicyclic amines) is 1. The predicted octanol–water partition coefficient (Wildman–Crippen LogP) is 4.81. The van der Waals surface area contributed by atoms with Crippen molar-refractivity contribution in [2.24, 2.45) is 17.8 Å². The van der Waals surface area contributed by atoms with Gasteiger partial charge in [-0.15, -0.1) is 0 Å². The molecule has 1 N–H and O–H groups in total. The van der Waals surface area contributed by atoms with Crippen LogP contribution in [0.15, 0.2) is 78.9 Å². The molecule has 9 heteroatoms. The van der Waals surface area contributed by atoms with Crippen LogP contribution in [0.5, 0.6) is 0 Å². The second kappa shape index (κ2) is 12.9. The summed E-state index contributed by atoms with van der Waals surface area (Å²) in [6.07, 6.45) is 8.65. The van der Waals surface area contributed by atoms with Gasteiger partial charge in [0, 0.05) is 43.2 Å². The molecule has 1 unspecified atom stereocenters. The van der Waals surface area contributed by atoms with Crippen LogP contribution in [-0.4, -0.2) is 83.8 Å². The molecule has 4 aliphatic heterocycles. The molecule has 47 heavy (non-hydrogen) atoms. The molecule has 4 heterocycles. The molecule has 2 aromatic carbocycles. The van der Waals surface area contributed by atoms with Gasteiger partial charge >= 0.3 is 0 Å². The standard InChI is InChI=1S/C38H48N4O5/c1-6-37-20-12-22-40(28-14-10-9-11-15-28)34(44)31(37)32-35(45)42(30(25-43)24-26(4)5)33-36(46)41(23-13-21-38(32,33)47-37)29-18-16-27(17-19-29)39(7-2)8-3/h9-21,26,30-33,43H,6-8,22-25H2,1-5H3/t30-,31+,32+,33?,37-,38+/m1/s1. The number of hydrogen-bond acceptors (Lipinski definition) is 6. The monoisotopic (exact) mass is 640 g/mol. The number of para-hydroxylation sites is 1. The first kappa shape index (κ1) is 33.0. The van der Waals surface area contributed by atoms with Crippen LogP contribution >= 0.6 is 0 Å². The molecule has 2 saturated heterocycles. The van der Waals surface area contributed by atoms with Crippen molar-refractivity contribution in [2.45, 2.75) is 70.7 Å². The molecule has 0 aromatic heterocycles. The molecular weight excluding hydrogens is 592 g/mol. The van der Waals surface area contributed by atoms with Crippen LogP contribution < -0.4 is 14.7 Å². The second-order valence-electron chi connectivity index (χ2n) is 13.6. The molecule has 0 aliphatic carbocycles. The van der Waals surface area contributed by atoms with Gasteiger partial charge in [-0.2, -0.15) is 0 Å². The molecule has 1 spiro atoms. The molecule has 4 aliphatic rings. The third-order valence-electron chi connectivity index (χ3n) is 10.6. The zero-order chi connectivity index (χ0) is 33.5. The first-order valence-electron chi connectivity index (χ1n) is 17.2. The van der Waals surface area contributed by atoms with Crippen molar-refractivity contribution < 1.29 is 24.2 Å². The molecule has 3 amide bonds. The van der Waals surface area contributed by atoms with Crippen LogP contribution in [0.1, 0.15) is 47.5 Å². The molecule has 2 aromatic rings. The zero-order valence-corrected chi connectivity index (χ0v) is 28.2. The van der Waals surface area contributed by atoms with Crippen LogP contribution in [0, 0.1) is 17.8 Å². The van der Waals surface area contributed by atoms with Crippen molar-refractivity contribution in [3.63, 3.8) is 0 Å². The van der Waals surface area contributed by atoms with Gasteiger partial charge < -0.3 is 29.4 Å². The van der Waals surface area contributed by atoms with Crippen molar-refractivity contribution in [1.29, 1.82) is 0 Å². The number of fused-ring (bicyclic) bond motifs is 2. The van der Waals surface area contributed by atoms with E-state index in [2.05, 4.69) is 18.7 Å². The quantitative estimate of drug-likeness (QED) is 0.375. The summed E-state index contributed by atoms with van der Waals surface area (Å²) in [4.78, 5) is 51.9. The highest BCUT2D eigenvalue weighted by Crippen LogP contribution is 2.59. The number of anilines is 3. The van der Waals surface area contributed by atoms with E-state index in [4.69, 9.17) is 4.74 Å². The van der Waals surface area contributed by atoms with Gasteiger partial charge in [0.15, 0.2) is 0 Å². The Kier molecular flexibility index (Phi) is 9.06. The molecule has 6 rings (SSSR count). The van der Waals surface area contributed by atoms with E-state index in [-0.39, 0.29) is 36.8 Å². The van der Waals surface area contributed by atoms with Crippen molar-refractivity contribution in [2.75, 3.05) is 47.5 Å². The van der Waals surface area contributed by atoms with E-state index < -0.39 is 35.1 Å². The fraction of sp³-hybridized carbons (Fsp3) is 0.500. The smallest absolute Gasteiger partial charge is 0.253 e. The highest BCUT2D eigenvalue weighted by Gasteiger charge is 2.76. The molecule has 250 valence electrons. The first-order valence-corrected chi connectivity index (χ1v) is 17.2. The minimum absolute atomic E-state index is 0.156. The lowest BCUT2D eigenvalue weighted by Gasteiger charge is -2.41. The van der Waals surface area contributed by atoms with Crippen LogP contribution in [0.2, 0.25) is 0 Å². The lowest BCUT2D eigenvalue weighted by Crippen LogP contribution is -2.59. The molecule has 6 atom stereocenters. The summed E-state index contributed by atoms with van der Waals surface area (Å²) in [7, 11) is 0. The SMILES string of the molecule is CCN(CC)c1ccc(N2CC=C[C@]34O[C@]5(CC)C=CCN(c6ccccc6)C(=O)[C@@H]5[C@H]3C(=O)N([C@@H](CO)CC(C)C)C4C2=O)cc1. The fourth-order valence-electron chi connectivity index (χ4n) is 8.42. The fourth-order valence-corrected chi connectivity index (χ4v) is 8.42. The molecule has 2 fully saturated rings.